The first kappa shape index (κ1) is 20.5. The van der Waals surface area contributed by atoms with Crippen molar-refractivity contribution in [3.8, 4) is 11.5 Å². The molecule has 7 nitrogen and oxygen atoms in total. The highest BCUT2D eigenvalue weighted by molar-refractivity contribution is 5.97. The highest BCUT2D eigenvalue weighted by Gasteiger charge is 2.26. The number of ether oxygens (including phenoxy) is 2. The summed E-state index contributed by atoms with van der Waals surface area (Å²) in [7, 11) is 3.13. The summed E-state index contributed by atoms with van der Waals surface area (Å²) in [6.45, 7) is 3.36. The lowest BCUT2D eigenvalue weighted by Gasteiger charge is -2.32. The summed E-state index contributed by atoms with van der Waals surface area (Å²) >= 11 is 0. The number of likely N-dealkylation sites (tertiary alicyclic amines) is 1. The van der Waals surface area contributed by atoms with Crippen molar-refractivity contribution >= 4 is 11.8 Å². The van der Waals surface area contributed by atoms with Crippen molar-refractivity contribution in [1.82, 2.24) is 15.5 Å². The highest BCUT2D eigenvalue weighted by Crippen LogP contribution is 2.26. The maximum absolute atomic E-state index is 12.9. The first-order valence-electron chi connectivity index (χ1n) is 10.1. The Hall–Kier alpha value is -2.28. The number of hydrogen-bond donors (Lipinski definition) is 2. The van der Waals surface area contributed by atoms with Crippen LogP contribution in [0.4, 0.5) is 0 Å². The second kappa shape index (κ2) is 9.78. The van der Waals surface area contributed by atoms with Crippen molar-refractivity contribution in [3.63, 3.8) is 0 Å². The van der Waals surface area contributed by atoms with Crippen LogP contribution in [0.25, 0.3) is 0 Å². The molecule has 0 saturated carbocycles. The summed E-state index contributed by atoms with van der Waals surface area (Å²) in [6, 6.07) is 5.38. The van der Waals surface area contributed by atoms with Gasteiger partial charge in [0.25, 0.3) is 5.91 Å². The van der Waals surface area contributed by atoms with E-state index in [0.717, 1.165) is 32.4 Å². The van der Waals surface area contributed by atoms with Gasteiger partial charge in [0.15, 0.2) is 0 Å². The third-order valence-corrected chi connectivity index (χ3v) is 5.73. The molecule has 1 unspecified atom stereocenters. The van der Waals surface area contributed by atoms with E-state index in [1.54, 1.807) is 32.4 Å². The number of carbonyl (C=O) groups is 2. The minimum Gasteiger partial charge on any atom is -0.497 e. The molecule has 0 radical (unpaired) electrons. The third kappa shape index (κ3) is 5.16. The van der Waals surface area contributed by atoms with Crippen molar-refractivity contribution in [1.29, 1.82) is 0 Å². The number of hydrogen-bond acceptors (Lipinski definition) is 5. The Bertz CT molecular complexity index is 680. The van der Waals surface area contributed by atoms with E-state index in [9.17, 15) is 9.59 Å². The fourth-order valence-corrected chi connectivity index (χ4v) is 3.97. The molecule has 7 heteroatoms. The van der Waals surface area contributed by atoms with Crippen LogP contribution in [0.15, 0.2) is 18.2 Å². The van der Waals surface area contributed by atoms with E-state index < -0.39 is 0 Å². The molecule has 0 bridgehead atoms. The van der Waals surface area contributed by atoms with E-state index in [-0.39, 0.29) is 17.9 Å². The standard InChI is InChI=1S/C21H31N3O4/c1-27-17-4-5-18(19(13-17)28-2)21(26)24-11-8-16(9-12-24)23-20(25)6-3-15-7-10-22-14-15/h4-5,13,15-16,22H,3,6-12,14H2,1-2H3,(H,23,25). The van der Waals surface area contributed by atoms with Crippen LogP contribution in [-0.4, -0.2) is 63.2 Å². The minimum absolute atomic E-state index is 0.0435. The van der Waals surface area contributed by atoms with Gasteiger partial charge >= 0.3 is 0 Å². The van der Waals surface area contributed by atoms with Crippen LogP contribution in [0.3, 0.4) is 0 Å². The molecule has 2 saturated heterocycles. The summed E-state index contributed by atoms with van der Waals surface area (Å²) in [6.07, 6.45) is 4.27. The van der Waals surface area contributed by atoms with E-state index >= 15 is 0 Å². The number of rotatable bonds is 7. The van der Waals surface area contributed by atoms with Gasteiger partial charge in [-0.1, -0.05) is 0 Å². The van der Waals surface area contributed by atoms with Gasteiger partial charge in [-0.3, -0.25) is 9.59 Å². The van der Waals surface area contributed by atoms with E-state index in [0.29, 0.717) is 42.5 Å². The number of amides is 2. The number of benzene rings is 1. The monoisotopic (exact) mass is 389 g/mol. The largest absolute Gasteiger partial charge is 0.497 e. The van der Waals surface area contributed by atoms with Crippen LogP contribution >= 0.6 is 0 Å². The molecule has 0 aliphatic carbocycles. The van der Waals surface area contributed by atoms with Gasteiger partial charge in [-0.2, -0.15) is 0 Å². The van der Waals surface area contributed by atoms with Gasteiger partial charge in [-0.25, -0.2) is 0 Å². The van der Waals surface area contributed by atoms with Crippen LogP contribution in [0.2, 0.25) is 0 Å². The lowest BCUT2D eigenvalue weighted by atomic mass is 10.0. The van der Waals surface area contributed by atoms with Crippen molar-refractivity contribution in [2.24, 2.45) is 5.92 Å². The molecular weight excluding hydrogens is 358 g/mol. The summed E-state index contributed by atoms with van der Waals surface area (Å²) in [4.78, 5) is 26.9. The van der Waals surface area contributed by atoms with Gasteiger partial charge in [0.2, 0.25) is 5.91 Å². The number of nitrogens with one attached hydrogen (secondary N) is 2. The quantitative estimate of drug-likeness (QED) is 0.744. The Morgan fingerprint density at radius 2 is 1.96 bits per heavy atom. The second-order valence-electron chi connectivity index (χ2n) is 7.60. The van der Waals surface area contributed by atoms with Crippen molar-refractivity contribution in [2.75, 3.05) is 40.4 Å². The van der Waals surface area contributed by atoms with Crippen molar-refractivity contribution in [3.05, 3.63) is 23.8 Å². The predicted octanol–water partition coefficient (Wildman–Crippen LogP) is 1.81. The summed E-state index contributed by atoms with van der Waals surface area (Å²) in [5, 5.41) is 6.48. The average Bonchev–Trinajstić information content (AvgIpc) is 3.25. The Morgan fingerprint density at radius 3 is 2.61 bits per heavy atom. The van der Waals surface area contributed by atoms with Crippen molar-refractivity contribution < 1.29 is 19.1 Å². The van der Waals surface area contributed by atoms with Gasteiger partial charge in [-0.15, -0.1) is 0 Å². The number of methoxy groups -OCH3 is 2. The maximum Gasteiger partial charge on any atom is 0.257 e. The normalized spacial score (nSPS) is 20.1. The smallest absolute Gasteiger partial charge is 0.257 e. The van der Waals surface area contributed by atoms with Crippen LogP contribution in [-0.2, 0) is 4.79 Å². The zero-order valence-corrected chi connectivity index (χ0v) is 16.8. The van der Waals surface area contributed by atoms with Crippen LogP contribution < -0.4 is 20.1 Å². The average molecular weight is 389 g/mol. The molecule has 3 rings (SSSR count). The second-order valence-corrected chi connectivity index (χ2v) is 7.60. The molecule has 0 spiro atoms. The van der Waals surface area contributed by atoms with Gasteiger partial charge in [0, 0.05) is 31.6 Å². The molecule has 1 aromatic carbocycles. The Labute approximate surface area is 166 Å². The Kier molecular flexibility index (Phi) is 7.14. The Balaban J connectivity index is 1.46. The van der Waals surface area contributed by atoms with Gasteiger partial charge < -0.3 is 25.0 Å². The molecule has 2 aliphatic rings. The van der Waals surface area contributed by atoms with Crippen LogP contribution in [0.5, 0.6) is 11.5 Å². The Morgan fingerprint density at radius 1 is 1.18 bits per heavy atom. The topological polar surface area (TPSA) is 79.9 Å². The maximum atomic E-state index is 12.9. The number of carbonyl (C=O) groups excluding carboxylic acids is 2. The van der Waals surface area contributed by atoms with Gasteiger partial charge in [-0.05, 0) is 56.8 Å². The molecule has 2 aliphatic heterocycles. The predicted molar refractivity (Wildman–Crippen MR) is 107 cm³/mol. The lowest BCUT2D eigenvalue weighted by Crippen LogP contribution is -2.46. The van der Waals surface area contributed by atoms with Crippen LogP contribution in [0, 0.1) is 5.92 Å². The molecule has 2 amide bonds. The van der Waals surface area contributed by atoms with E-state index in [2.05, 4.69) is 10.6 Å². The zero-order chi connectivity index (χ0) is 19.9. The summed E-state index contributed by atoms with van der Waals surface area (Å²) in [5.74, 6) is 1.89. The third-order valence-electron chi connectivity index (χ3n) is 5.73. The summed E-state index contributed by atoms with van der Waals surface area (Å²) in [5.41, 5.74) is 0.538. The lowest BCUT2D eigenvalue weighted by molar-refractivity contribution is -0.122. The molecule has 28 heavy (non-hydrogen) atoms. The van der Waals surface area contributed by atoms with E-state index in [1.165, 1.54) is 6.42 Å². The molecule has 2 N–H and O–H groups in total. The molecule has 2 fully saturated rings. The van der Waals surface area contributed by atoms with Gasteiger partial charge in [0.05, 0.1) is 19.8 Å². The highest BCUT2D eigenvalue weighted by atomic mass is 16.5. The van der Waals surface area contributed by atoms with E-state index in [4.69, 9.17) is 9.47 Å². The fraction of sp³-hybridized carbons (Fsp3) is 0.619. The molecule has 2 heterocycles. The molecule has 1 aromatic rings. The minimum atomic E-state index is -0.0435. The van der Waals surface area contributed by atoms with Crippen LogP contribution in [0.1, 0.15) is 42.5 Å². The SMILES string of the molecule is COc1ccc(C(=O)N2CCC(NC(=O)CCC3CCNC3)CC2)c(OC)c1. The molecule has 154 valence electrons. The molecular formula is C21H31N3O4. The number of nitrogens with zero attached hydrogens (tertiary/aromatic N) is 1. The van der Waals surface area contributed by atoms with E-state index in [1.807, 2.05) is 4.90 Å². The first-order chi connectivity index (χ1) is 13.6. The first-order valence-corrected chi connectivity index (χ1v) is 10.1. The van der Waals surface area contributed by atoms with Gasteiger partial charge in [0.1, 0.15) is 11.5 Å². The molecule has 1 atom stereocenters. The summed E-state index contributed by atoms with van der Waals surface area (Å²) < 4.78 is 10.5. The van der Waals surface area contributed by atoms with Crippen molar-refractivity contribution in [2.45, 2.75) is 38.1 Å². The fourth-order valence-electron chi connectivity index (χ4n) is 3.97. The number of piperidine rings is 1. The zero-order valence-electron chi connectivity index (χ0n) is 16.8. The molecule has 0 aromatic heterocycles.